The standard InChI is InChI=1S/C17H28FN3O2.HI/c1-3-19-17(20-11-7-8-12-23-4-2)21-13-16(22)14-9-5-6-10-15(14)18;/h5-6,9-10,16,22H,3-4,7-8,11-13H2,1-2H3,(H2,19,20,21);1H. The predicted molar refractivity (Wildman–Crippen MR) is 106 cm³/mol. The lowest BCUT2D eigenvalue weighted by Gasteiger charge is -2.13. The Bertz CT molecular complexity index is 475. The van der Waals surface area contributed by atoms with Gasteiger partial charge in [-0.2, -0.15) is 0 Å². The van der Waals surface area contributed by atoms with Gasteiger partial charge in [0.15, 0.2) is 5.96 Å². The van der Waals surface area contributed by atoms with Crippen LogP contribution in [-0.4, -0.2) is 43.9 Å². The molecule has 1 atom stereocenters. The van der Waals surface area contributed by atoms with Crippen LogP contribution in [0.3, 0.4) is 0 Å². The highest BCUT2D eigenvalue weighted by Gasteiger charge is 2.11. The van der Waals surface area contributed by atoms with Gasteiger partial charge in [-0.25, -0.2) is 4.39 Å². The third kappa shape index (κ3) is 9.39. The van der Waals surface area contributed by atoms with Crippen molar-refractivity contribution in [3.63, 3.8) is 0 Å². The summed E-state index contributed by atoms with van der Waals surface area (Å²) in [6.45, 7) is 7.06. The molecule has 0 radical (unpaired) electrons. The number of hydrogen-bond acceptors (Lipinski definition) is 3. The van der Waals surface area contributed by atoms with Gasteiger partial charge in [0.1, 0.15) is 11.9 Å². The third-order valence-electron chi connectivity index (χ3n) is 3.24. The van der Waals surface area contributed by atoms with Gasteiger partial charge in [-0.3, -0.25) is 4.99 Å². The number of nitrogens with zero attached hydrogens (tertiary/aromatic N) is 1. The van der Waals surface area contributed by atoms with E-state index < -0.39 is 11.9 Å². The molecule has 0 aliphatic heterocycles. The zero-order chi connectivity index (χ0) is 16.9. The van der Waals surface area contributed by atoms with E-state index in [9.17, 15) is 9.50 Å². The van der Waals surface area contributed by atoms with Crippen molar-refractivity contribution < 1.29 is 14.2 Å². The first-order chi connectivity index (χ1) is 11.2. The molecule has 1 aromatic rings. The number of benzene rings is 1. The Hall–Kier alpha value is -0.930. The van der Waals surface area contributed by atoms with Crippen molar-refractivity contribution in [2.45, 2.75) is 32.8 Å². The number of ether oxygens (including phenoxy) is 1. The molecule has 0 fully saturated rings. The quantitative estimate of drug-likeness (QED) is 0.221. The van der Waals surface area contributed by atoms with Gasteiger partial charge in [-0.05, 0) is 32.8 Å². The minimum absolute atomic E-state index is 0. The number of nitrogens with one attached hydrogen (secondary N) is 2. The normalized spacial score (nSPS) is 12.4. The molecule has 0 amide bonds. The van der Waals surface area contributed by atoms with E-state index >= 15 is 0 Å². The summed E-state index contributed by atoms with van der Waals surface area (Å²) in [7, 11) is 0. The van der Waals surface area contributed by atoms with E-state index in [0.717, 1.165) is 39.1 Å². The number of guanidine groups is 1. The Morgan fingerprint density at radius 1 is 1.25 bits per heavy atom. The molecule has 0 aliphatic rings. The zero-order valence-electron chi connectivity index (χ0n) is 14.4. The average molecular weight is 453 g/mol. The van der Waals surface area contributed by atoms with Crippen LogP contribution in [0.2, 0.25) is 0 Å². The van der Waals surface area contributed by atoms with E-state index in [-0.39, 0.29) is 36.1 Å². The molecule has 1 unspecified atom stereocenters. The Kier molecular flexibility index (Phi) is 13.9. The highest BCUT2D eigenvalue weighted by Crippen LogP contribution is 2.16. The molecule has 5 nitrogen and oxygen atoms in total. The number of aliphatic hydroxyl groups excluding tert-OH is 1. The monoisotopic (exact) mass is 453 g/mol. The maximum atomic E-state index is 13.6. The molecule has 0 saturated carbocycles. The molecule has 0 aromatic heterocycles. The van der Waals surface area contributed by atoms with Gasteiger partial charge in [0, 0.05) is 31.9 Å². The maximum absolute atomic E-state index is 13.6. The molecule has 0 bridgehead atoms. The Morgan fingerprint density at radius 2 is 2.00 bits per heavy atom. The van der Waals surface area contributed by atoms with Crippen LogP contribution in [0.1, 0.15) is 38.4 Å². The fraction of sp³-hybridized carbons (Fsp3) is 0.588. The topological polar surface area (TPSA) is 65.9 Å². The summed E-state index contributed by atoms with van der Waals surface area (Å²) in [4.78, 5) is 4.31. The molecule has 0 aliphatic carbocycles. The van der Waals surface area contributed by atoms with Gasteiger partial charge >= 0.3 is 0 Å². The van der Waals surface area contributed by atoms with Gasteiger partial charge < -0.3 is 20.5 Å². The average Bonchev–Trinajstić information content (AvgIpc) is 2.55. The number of aliphatic imine (C=N–C) groups is 1. The minimum Gasteiger partial charge on any atom is -0.386 e. The van der Waals surface area contributed by atoms with Gasteiger partial charge in [-0.15, -0.1) is 24.0 Å². The van der Waals surface area contributed by atoms with E-state index in [4.69, 9.17) is 4.74 Å². The summed E-state index contributed by atoms with van der Waals surface area (Å²) >= 11 is 0. The van der Waals surface area contributed by atoms with E-state index in [2.05, 4.69) is 15.6 Å². The molecule has 138 valence electrons. The maximum Gasteiger partial charge on any atom is 0.191 e. The SMILES string of the molecule is CCNC(=NCC(O)c1ccccc1F)NCCCCOCC.I. The number of halogens is 2. The molecule has 3 N–H and O–H groups in total. The smallest absolute Gasteiger partial charge is 0.191 e. The van der Waals surface area contributed by atoms with Crippen LogP contribution in [0.5, 0.6) is 0 Å². The second-order valence-electron chi connectivity index (χ2n) is 5.09. The van der Waals surface area contributed by atoms with Gasteiger partial charge in [-0.1, -0.05) is 18.2 Å². The number of aliphatic hydroxyl groups is 1. The highest BCUT2D eigenvalue weighted by atomic mass is 127. The number of hydrogen-bond donors (Lipinski definition) is 3. The second kappa shape index (κ2) is 14.4. The third-order valence-corrected chi connectivity index (χ3v) is 3.24. The fourth-order valence-corrected chi connectivity index (χ4v) is 2.04. The summed E-state index contributed by atoms with van der Waals surface area (Å²) < 4.78 is 18.9. The molecule has 0 saturated heterocycles. The van der Waals surface area contributed by atoms with Crippen LogP contribution < -0.4 is 10.6 Å². The summed E-state index contributed by atoms with van der Waals surface area (Å²) in [6, 6.07) is 6.21. The summed E-state index contributed by atoms with van der Waals surface area (Å²) in [5, 5.41) is 16.4. The van der Waals surface area contributed by atoms with Crippen molar-refractivity contribution in [2.24, 2.45) is 4.99 Å². The van der Waals surface area contributed by atoms with E-state index in [1.165, 1.54) is 6.07 Å². The summed E-state index contributed by atoms with van der Waals surface area (Å²) in [5.74, 6) is 0.211. The molecular weight excluding hydrogens is 424 g/mol. The van der Waals surface area contributed by atoms with Crippen molar-refractivity contribution in [1.29, 1.82) is 0 Å². The summed E-state index contributed by atoms with van der Waals surface area (Å²) in [5.41, 5.74) is 0.267. The first-order valence-corrected chi connectivity index (χ1v) is 8.21. The van der Waals surface area contributed by atoms with Crippen molar-refractivity contribution in [2.75, 3.05) is 32.8 Å². The molecule has 7 heteroatoms. The molecule has 24 heavy (non-hydrogen) atoms. The lowest BCUT2D eigenvalue weighted by molar-refractivity contribution is 0.143. The lowest BCUT2D eigenvalue weighted by atomic mass is 10.1. The Labute approximate surface area is 161 Å². The van der Waals surface area contributed by atoms with Crippen LogP contribution >= 0.6 is 24.0 Å². The molecule has 0 heterocycles. The van der Waals surface area contributed by atoms with Gasteiger partial charge in [0.25, 0.3) is 0 Å². The zero-order valence-corrected chi connectivity index (χ0v) is 16.8. The van der Waals surface area contributed by atoms with Crippen molar-refractivity contribution >= 4 is 29.9 Å². The highest BCUT2D eigenvalue weighted by molar-refractivity contribution is 14.0. The molecule has 1 rings (SSSR count). The molecule has 1 aromatic carbocycles. The van der Waals surface area contributed by atoms with Gasteiger partial charge in [0.2, 0.25) is 0 Å². The van der Waals surface area contributed by atoms with E-state index in [0.29, 0.717) is 5.96 Å². The fourth-order valence-electron chi connectivity index (χ4n) is 2.04. The summed E-state index contributed by atoms with van der Waals surface area (Å²) in [6.07, 6.45) is 1.00. The van der Waals surface area contributed by atoms with Crippen LogP contribution in [0, 0.1) is 5.82 Å². The largest absolute Gasteiger partial charge is 0.386 e. The van der Waals surface area contributed by atoms with Crippen LogP contribution in [-0.2, 0) is 4.74 Å². The van der Waals surface area contributed by atoms with Crippen molar-refractivity contribution in [1.82, 2.24) is 10.6 Å². The minimum atomic E-state index is -0.954. The van der Waals surface area contributed by atoms with E-state index in [1.807, 2.05) is 13.8 Å². The second-order valence-corrected chi connectivity index (χ2v) is 5.09. The van der Waals surface area contributed by atoms with Crippen LogP contribution in [0.15, 0.2) is 29.3 Å². The van der Waals surface area contributed by atoms with Crippen LogP contribution in [0.25, 0.3) is 0 Å². The van der Waals surface area contributed by atoms with Gasteiger partial charge in [0.05, 0.1) is 6.54 Å². The molecular formula is C17H29FIN3O2. The van der Waals surface area contributed by atoms with Crippen LogP contribution in [0.4, 0.5) is 4.39 Å². The van der Waals surface area contributed by atoms with Crippen molar-refractivity contribution in [3.05, 3.63) is 35.6 Å². The van der Waals surface area contributed by atoms with Crippen molar-refractivity contribution in [3.8, 4) is 0 Å². The lowest BCUT2D eigenvalue weighted by Crippen LogP contribution is -2.38. The molecule has 0 spiro atoms. The first kappa shape index (κ1) is 23.1. The Balaban J connectivity index is 0.00000529. The number of unbranched alkanes of at least 4 members (excludes halogenated alkanes) is 1. The van der Waals surface area contributed by atoms with E-state index in [1.54, 1.807) is 18.2 Å². The predicted octanol–water partition coefficient (Wildman–Crippen LogP) is 2.85. The first-order valence-electron chi connectivity index (χ1n) is 8.21. The number of rotatable bonds is 10. The Morgan fingerprint density at radius 3 is 2.67 bits per heavy atom.